The molecule has 2 heterocycles. The molecule has 0 aromatic heterocycles. The second kappa shape index (κ2) is 10.4. The highest BCUT2D eigenvalue weighted by molar-refractivity contribution is 6.67. The number of hydrogen-bond donors (Lipinski definition) is 1. The van der Waals surface area contributed by atoms with Crippen LogP contribution in [0, 0.1) is 0 Å². The number of halogens is 3. The van der Waals surface area contributed by atoms with Crippen LogP contribution in [-0.4, -0.2) is 65.9 Å². The van der Waals surface area contributed by atoms with Crippen molar-refractivity contribution in [3.05, 3.63) is 10.4 Å². The Labute approximate surface area is 187 Å². The number of nitrogens with one attached hydrogen (secondary N) is 1. The first-order valence-electron chi connectivity index (χ1n) is 9.43. The van der Waals surface area contributed by atoms with Crippen LogP contribution in [0.4, 0.5) is 4.79 Å². The third kappa shape index (κ3) is 5.73. The number of fused-ring (bicyclic) bond motifs is 1. The first-order valence-corrected chi connectivity index (χ1v) is 10.6. The second-order valence-corrected chi connectivity index (χ2v) is 9.49. The lowest BCUT2D eigenvalue weighted by atomic mass is 9.96. The van der Waals surface area contributed by atoms with E-state index in [0.717, 1.165) is 32.1 Å². The zero-order valence-electron chi connectivity index (χ0n) is 15.7. The predicted molar refractivity (Wildman–Crippen MR) is 104 cm³/mol. The summed E-state index contributed by atoms with van der Waals surface area (Å²) in [6.45, 7) is -0.0688. The van der Waals surface area contributed by atoms with Crippen molar-refractivity contribution >= 4 is 47.4 Å². The molecule has 168 valence electrons. The SMILES string of the molecule is [N-]=[N+]=N[C@@H]1O[C@H](COC=O)[C@H](OC(=O)NC2CCCCC2)[C@H]2OC(C(Cl)(Cl)Cl)O[C@H]21. The summed E-state index contributed by atoms with van der Waals surface area (Å²) in [6, 6.07) is 0.00170. The minimum Gasteiger partial charge on any atom is -0.465 e. The molecule has 1 N–H and O–H groups in total. The Hall–Kier alpha value is -1.20. The van der Waals surface area contributed by atoms with Crippen LogP contribution in [0.5, 0.6) is 0 Å². The maximum atomic E-state index is 12.5. The van der Waals surface area contributed by atoms with Gasteiger partial charge in [-0.2, -0.15) is 0 Å². The molecule has 6 atom stereocenters. The largest absolute Gasteiger partial charge is 0.465 e. The number of rotatable bonds is 6. The van der Waals surface area contributed by atoms with Crippen LogP contribution in [-0.2, 0) is 28.5 Å². The number of nitrogens with zero attached hydrogens (tertiary/aromatic N) is 3. The number of alkyl halides is 3. The van der Waals surface area contributed by atoms with Gasteiger partial charge in [-0.05, 0) is 18.4 Å². The van der Waals surface area contributed by atoms with Crippen molar-refractivity contribution in [3.63, 3.8) is 0 Å². The van der Waals surface area contributed by atoms with E-state index in [9.17, 15) is 9.59 Å². The number of ether oxygens (including phenoxy) is 5. The number of carbonyl (C=O) groups excluding carboxylic acids is 2. The Bertz CT molecular complexity index is 670. The molecule has 14 heteroatoms. The number of hydrogen-bond acceptors (Lipinski definition) is 8. The van der Waals surface area contributed by atoms with Gasteiger partial charge in [0.15, 0.2) is 12.3 Å². The average molecular weight is 488 g/mol. The summed E-state index contributed by atoms with van der Waals surface area (Å²) in [5.74, 6) is 0. The van der Waals surface area contributed by atoms with Gasteiger partial charge in [-0.15, -0.1) is 0 Å². The molecule has 0 aromatic rings. The Morgan fingerprint density at radius 3 is 2.53 bits per heavy atom. The van der Waals surface area contributed by atoms with Crippen LogP contribution in [0.3, 0.4) is 0 Å². The lowest BCUT2D eigenvalue weighted by molar-refractivity contribution is -0.198. The standard InChI is InChI=1S/C16H21Cl3N4O7/c17-16(18,19)14-28-11-10(30-15(25)21-8-4-2-1-3-5-8)9(6-26-7-24)27-13(22-23-20)12(11)29-14/h7-14H,1-6H2,(H,21,25)/t9-,10+,11-,12-,13-,14?/m1/s1. The first kappa shape index (κ1) is 23.5. The summed E-state index contributed by atoms with van der Waals surface area (Å²) in [4.78, 5) is 25.9. The van der Waals surface area contributed by atoms with Crippen molar-refractivity contribution in [1.82, 2.24) is 5.32 Å². The zero-order chi connectivity index (χ0) is 21.7. The molecule has 30 heavy (non-hydrogen) atoms. The zero-order valence-corrected chi connectivity index (χ0v) is 18.0. The molecule has 1 aliphatic carbocycles. The molecular weight excluding hydrogens is 467 g/mol. The first-order chi connectivity index (χ1) is 14.3. The number of azide groups is 1. The van der Waals surface area contributed by atoms with Gasteiger partial charge in [-0.25, -0.2) is 4.79 Å². The van der Waals surface area contributed by atoms with Crippen molar-refractivity contribution in [2.24, 2.45) is 5.11 Å². The maximum absolute atomic E-state index is 12.5. The minimum atomic E-state index is -1.96. The van der Waals surface area contributed by atoms with Gasteiger partial charge in [-0.3, -0.25) is 4.79 Å². The second-order valence-electron chi connectivity index (χ2n) is 7.12. The Morgan fingerprint density at radius 1 is 1.20 bits per heavy atom. The summed E-state index contributed by atoms with van der Waals surface area (Å²) < 4.78 is 25.3. The van der Waals surface area contributed by atoms with E-state index < -0.39 is 46.8 Å². The Balaban J connectivity index is 1.77. The van der Waals surface area contributed by atoms with Gasteiger partial charge in [0.1, 0.15) is 24.9 Å². The summed E-state index contributed by atoms with van der Waals surface area (Å²) in [6.07, 6.45) is -2.40. The minimum absolute atomic E-state index is 0.00170. The van der Waals surface area contributed by atoms with Crippen LogP contribution >= 0.6 is 34.8 Å². The van der Waals surface area contributed by atoms with E-state index >= 15 is 0 Å². The Morgan fingerprint density at radius 2 is 1.90 bits per heavy atom. The Kier molecular flexibility index (Phi) is 8.14. The molecule has 1 saturated carbocycles. The highest BCUT2D eigenvalue weighted by atomic mass is 35.6. The fourth-order valence-electron chi connectivity index (χ4n) is 3.79. The highest BCUT2D eigenvalue weighted by Crippen LogP contribution is 2.43. The molecule has 0 bridgehead atoms. The monoisotopic (exact) mass is 486 g/mol. The number of amides is 1. The molecule has 2 aliphatic heterocycles. The third-order valence-electron chi connectivity index (χ3n) is 5.10. The van der Waals surface area contributed by atoms with Gasteiger partial charge in [-0.1, -0.05) is 59.2 Å². The fourth-order valence-corrected chi connectivity index (χ4v) is 4.10. The van der Waals surface area contributed by atoms with Crippen LogP contribution in [0.1, 0.15) is 32.1 Å². The van der Waals surface area contributed by atoms with Crippen LogP contribution in [0.2, 0.25) is 0 Å². The van der Waals surface area contributed by atoms with E-state index in [1.54, 1.807) is 0 Å². The van der Waals surface area contributed by atoms with Crippen molar-refractivity contribution in [2.45, 2.75) is 78.9 Å². The molecule has 2 saturated heterocycles. The molecule has 3 rings (SSSR count). The van der Waals surface area contributed by atoms with Crippen molar-refractivity contribution in [1.29, 1.82) is 0 Å². The molecular formula is C16H21Cl3N4O7. The molecule has 0 aromatic carbocycles. The molecule has 3 fully saturated rings. The molecule has 0 radical (unpaired) electrons. The van der Waals surface area contributed by atoms with Gasteiger partial charge in [0, 0.05) is 11.0 Å². The summed E-state index contributed by atoms with van der Waals surface area (Å²) in [5, 5.41) is 6.35. The summed E-state index contributed by atoms with van der Waals surface area (Å²) in [5.41, 5.74) is 8.84. The van der Waals surface area contributed by atoms with Gasteiger partial charge in [0.2, 0.25) is 10.1 Å². The molecule has 1 unspecified atom stereocenters. The van der Waals surface area contributed by atoms with Crippen LogP contribution < -0.4 is 5.32 Å². The third-order valence-corrected chi connectivity index (χ3v) is 5.64. The van der Waals surface area contributed by atoms with Crippen LogP contribution in [0.25, 0.3) is 10.4 Å². The lowest BCUT2D eigenvalue weighted by Gasteiger charge is -2.39. The number of alkyl carbamates (subject to hydrolysis) is 1. The van der Waals surface area contributed by atoms with Crippen LogP contribution in [0.15, 0.2) is 5.11 Å². The summed E-state index contributed by atoms with van der Waals surface area (Å²) >= 11 is 17.6. The van der Waals surface area contributed by atoms with E-state index in [4.69, 9.17) is 64.0 Å². The van der Waals surface area contributed by atoms with Crippen molar-refractivity contribution < 1.29 is 33.3 Å². The molecule has 3 aliphatic rings. The maximum Gasteiger partial charge on any atom is 0.407 e. The molecule has 1 amide bonds. The lowest BCUT2D eigenvalue weighted by Crippen LogP contribution is -2.59. The van der Waals surface area contributed by atoms with Crippen molar-refractivity contribution in [3.8, 4) is 0 Å². The van der Waals surface area contributed by atoms with E-state index in [2.05, 4.69) is 15.3 Å². The van der Waals surface area contributed by atoms with E-state index in [-0.39, 0.29) is 19.1 Å². The quantitative estimate of drug-likeness (QED) is 0.199. The topological polar surface area (TPSA) is 141 Å². The number of carbonyl (C=O) groups is 2. The smallest absolute Gasteiger partial charge is 0.407 e. The fraction of sp³-hybridized carbons (Fsp3) is 0.875. The van der Waals surface area contributed by atoms with E-state index in [1.807, 2.05) is 0 Å². The predicted octanol–water partition coefficient (Wildman–Crippen LogP) is 3.10. The normalized spacial score (nSPS) is 34.4. The molecule has 0 spiro atoms. The molecule has 11 nitrogen and oxygen atoms in total. The van der Waals surface area contributed by atoms with Gasteiger partial charge in [0.25, 0.3) is 6.47 Å². The van der Waals surface area contributed by atoms with Gasteiger partial charge in [0.05, 0.1) is 0 Å². The van der Waals surface area contributed by atoms with E-state index in [0.29, 0.717) is 0 Å². The average Bonchev–Trinajstić information content (AvgIpc) is 3.16. The van der Waals surface area contributed by atoms with Gasteiger partial charge >= 0.3 is 6.09 Å². The van der Waals surface area contributed by atoms with Gasteiger partial charge < -0.3 is 29.0 Å². The van der Waals surface area contributed by atoms with Crippen molar-refractivity contribution in [2.75, 3.05) is 6.61 Å². The highest BCUT2D eigenvalue weighted by Gasteiger charge is 2.58. The van der Waals surface area contributed by atoms with E-state index in [1.165, 1.54) is 0 Å². The summed E-state index contributed by atoms with van der Waals surface area (Å²) in [7, 11) is 0.